The minimum atomic E-state index is 0.393. The summed E-state index contributed by atoms with van der Waals surface area (Å²) in [5.74, 6) is 0.893. The van der Waals surface area contributed by atoms with Crippen LogP contribution in [-0.4, -0.2) is 9.55 Å². The SMILES string of the molecule is CC(c1ccccc1Cl)C(CCc1ccccc1)Cn1ccnc1. The lowest BCUT2D eigenvalue weighted by Crippen LogP contribution is -2.18. The zero-order valence-electron chi connectivity index (χ0n) is 14.0. The van der Waals surface area contributed by atoms with Gasteiger partial charge in [-0.25, -0.2) is 4.98 Å². The summed E-state index contributed by atoms with van der Waals surface area (Å²) in [7, 11) is 0. The smallest absolute Gasteiger partial charge is 0.0946 e. The second kappa shape index (κ2) is 8.16. The molecule has 1 aromatic heterocycles. The molecule has 3 heteroatoms. The van der Waals surface area contributed by atoms with Crippen LogP contribution in [0.2, 0.25) is 5.02 Å². The molecule has 0 N–H and O–H groups in total. The Bertz CT molecular complexity index is 738. The van der Waals surface area contributed by atoms with Gasteiger partial charge in [0, 0.05) is 24.0 Å². The highest BCUT2D eigenvalue weighted by atomic mass is 35.5. The van der Waals surface area contributed by atoms with Gasteiger partial charge in [-0.15, -0.1) is 0 Å². The van der Waals surface area contributed by atoms with Crippen molar-refractivity contribution in [1.29, 1.82) is 0 Å². The van der Waals surface area contributed by atoms with E-state index in [1.165, 1.54) is 11.1 Å². The molecule has 124 valence electrons. The van der Waals surface area contributed by atoms with Gasteiger partial charge in [-0.1, -0.05) is 67.1 Å². The number of imidazole rings is 1. The molecule has 0 aliphatic carbocycles. The standard InChI is InChI=1S/C21H23ClN2/c1-17(20-9-5-6-10-21(20)22)19(15-24-14-13-23-16-24)12-11-18-7-3-2-4-8-18/h2-10,13-14,16-17,19H,11-12,15H2,1H3. The molecule has 2 nitrogen and oxygen atoms in total. The van der Waals surface area contributed by atoms with Crippen molar-refractivity contribution < 1.29 is 0 Å². The van der Waals surface area contributed by atoms with E-state index in [1.807, 2.05) is 30.9 Å². The molecular weight excluding hydrogens is 316 g/mol. The number of aryl methyl sites for hydroxylation is 1. The molecular formula is C21H23ClN2. The van der Waals surface area contributed by atoms with E-state index >= 15 is 0 Å². The maximum absolute atomic E-state index is 6.44. The van der Waals surface area contributed by atoms with Crippen LogP contribution in [0.15, 0.2) is 73.3 Å². The third kappa shape index (κ3) is 4.27. The van der Waals surface area contributed by atoms with Crippen molar-refractivity contribution in [2.24, 2.45) is 5.92 Å². The average molecular weight is 339 g/mol. The number of hydrogen-bond acceptors (Lipinski definition) is 1. The van der Waals surface area contributed by atoms with Gasteiger partial charge in [0.15, 0.2) is 0 Å². The number of rotatable bonds is 7. The summed E-state index contributed by atoms with van der Waals surface area (Å²) in [5, 5.41) is 0.861. The molecule has 2 atom stereocenters. The first-order valence-corrected chi connectivity index (χ1v) is 8.86. The average Bonchev–Trinajstić information content (AvgIpc) is 3.12. The summed E-state index contributed by atoms with van der Waals surface area (Å²) >= 11 is 6.44. The van der Waals surface area contributed by atoms with E-state index in [2.05, 4.69) is 58.9 Å². The predicted octanol–water partition coefficient (Wildman–Crippen LogP) is 5.59. The predicted molar refractivity (Wildman–Crippen MR) is 100 cm³/mol. The summed E-state index contributed by atoms with van der Waals surface area (Å²) < 4.78 is 2.17. The number of hydrogen-bond donors (Lipinski definition) is 0. The molecule has 24 heavy (non-hydrogen) atoms. The van der Waals surface area contributed by atoms with Crippen LogP contribution in [0.5, 0.6) is 0 Å². The fourth-order valence-electron chi connectivity index (χ4n) is 3.26. The first kappa shape index (κ1) is 16.8. The lowest BCUT2D eigenvalue weighted by Gasteiger charge is -2.26. The van der Waals surface area contributed by atoms with Gasteiger partial charge in [0.05, 0.1) is 6.33 Å². The Morgan fingerprint density at radius 1 is 1.04 bits per heavy atom. The molecule has 3 aromatic rings. The largest absolute Gasteiger partial charge is 0.337 e. The molecule has 0 radical (unpaired) electrons. The first-order chi connectivity index (χ1) is 11.7. The Morgan fingerprint density at radius 3 is 2.50 bits per heavy atom. The maximum Gasteiger partial charge on any atom is 0.0946 e. The van der Waals surface area contributed by atoms with E-state index in [4.69, 9.17) is 11.6 Å². The number of benzene rings is 2. The summed E-state index contributed by atoms with van der Waals surface area (Å²) in [5.41, 5.74) is 2.62. The molecule has 0 bridgehead atoms. The Labute approximate surface area is 149 Å². The Hall–Kier alpha value is -2.06. The van der Waals surface area contributed by atoms with Crippen LogP contribution in [0.4, 0.5) is 0 Å². The zero-order valence-corrected chi connectivity index (χ0v) is 14.7. The van der Waals surface area contributed by atoms with Crippen molar-refractivity contribution >= 4 is 11.6 Å². The minimum Gasteiger partial charge on any atom is -0.337 e. The van der Waals surface area contributed by atoms with Gasteiger partial charge in [0.25, 0.3) is 0 Å². The molecule has 2 unspecified atom stereocenters. The van der Waals surface area contributed by atoms with Crippen LogP contribution < -0.4 is 0 Å². The Kier molecular flexibility index (Phi) is 5.71. The maximum atomic E-state index is 6.44. The van der Waals surface area contributed by atoms with Crippen molar-refractivity contribution in [1.82, 2.24) is 9.55 Å². The van der Waals surface area contributed by atoms with Gasteiger partial charge >= 0.3 is 0 Å². The molecule has 0 spiro atoms. The number of nitrogens with zero attached hydrogens (tertiary/aromatic N) is 2. The highest BCUT2D eigenvalue weighted by Crippen LogP contribution is 2.33. The molecule has 0 amide bonds. The molecule has 0 saturated carbocycles. The van der Waals surface area contributed by atoms with E-state index in [1.54, 1.807) is 0 Å². The lowest BCUT2D eigenvalue weighted by molar-refractivity contribution is 0.359. The topological polar surface area (TPSA) is 17.8 Å². The Morgan fingerprint density at radius 2 is 1.79 bits per heavy atom. The van der Waals surface area contributed by atoms with Crippen molar-refractivity contribution in [3.63, 3.8) is 0 Å². The minimum absolute atomic E-state index is 0.393. The van der Waals surface area contributed by atoms with Crippen molar-refractivity contribution in [2.45, 2.75) is 32.2 Å². The van der Waals surface area contributed by atoms with Crippen LogP contribution in [0.1, 0.15) is 30.4 Å². The van der Waals surface area contributed by atoms with E-state index in [0.29, 0.717) is 11.8 Å². The fraction of sp³-hybridized carbons (Fsp3) is 0.286. The van der Waals surface area contributed by atoms with Crippen molar-refractivity contribution in [3.05, 3.63) is 89.5 Å². The summed E-state index contributed by atoms with van der Waals surface area (Å²) in [6.07, 6.45) is 7.97. The van der Waals surface area contributed by atoms with Crippen LogP contribution in [0.25, 0.3) is 0 Å². The third-order valence-electron chi connectivity index (χ3n) is 4.75. The highest BCUT2D eigenvalue weighted by molar-refractivity contribution is 6.31. The van der Waals surface area contributed by atoms with Crippen LogP contribution >= 0.6 is 11.6 Å². The molecule has 3 rings (SSSR count). The third-order valence-corrected chi connectivity index (χ3v) is 5.10. The van der Waals surface area contributed by atoms with E-state index in [9.17, 15) is 0 Å². The van der Waals surface area contributed by atoms with Gasteiger partial charge in [-0.3, -0.25) is 0 Å². The normalized spacial score (nSPS) is 13.6. The van der Waals surface area contributed by atoms with Gasteiger partial charge in [-0.05, 0) is 41.9 Å². The monoisotopic (exact) mass is 338 g/mol. The highest BCUT2D eigenvalue weighted by Gasteiger charge is 2.21. The number of halogens is 1. The molecule has 0 aliphatic heterocycles. The van der Waals surface area contributed by atoms with Gasteiger partial charge in [0.2, 0.25) is 0 Å². The summed E-state index contributed by atoms with van der Waals surface area (Å²) in [6, 6.07) is 18.9. The van der Waals surface area contributed by atoms with Crippen LogP contribution in [0, 0.1) is 5.92 Å². The molecule has 0 aliphatic rings. The zero-order chi connectivity index (χ0) is 16.8. The first-order valence-electron chi connectivity index (χ1n) is 8.48. The van der Waals surface area contributed by atoms with Crippen molar-refractivity contribution in [2.75, 3.05) is 0 Å². The molecule has 0 saturated heterocycles. The van der Waals surface area contributed by atoms with Crippen LogP contribution in [-0.2, 0) is 13.0 Å². The summed E-state index contributed by atoms with van der Waals surface area (Å²) in [4.78, 5) is 4.18. The quantitative estimate of drug-likeness (QED) is 0.549. The van der Waals surface area contributed by atoms with E-state index < -0.39 is 0 Å². The second-order valence-corrected chi connectivity index (χ2v) is 6.76. The van der Waals surface area contributed by atoms with Gasteiger partial charge in [0.1, 0.15) is 0 Å². The van der Waals surface area contributed by atoms with Crippen molar-refractivity contribution in [3.8, 4) is 0 Å². The van der Waals surface area contributed by atoms with Crippen LogP contribution in [0.3, 0.4) is 0 Å². The molecule has 2 aromatic carbocycles. The Balaban J connectivity index is 1.77. The fourth-order valence-corrected chi connectivity index (χ4v) is 3.57. The molecule has 1 heterocycles. The molecule has 0 fully saturated rings. The van der Waals surface area contributed by atoms with E-state index in [0.717, 1.165) is 24.4 Å². The number of aromatic nitrogens is 2. The van der Waals surface area contributed by atoms with Gasteiger partial charge < -0.3 is 4.57 Å². The second-order valence-electron chi connectivity index (χ2n) is 6.35. The summed E-state index contributed by atoms with van der Waals surface area (Å²) in [6.45, 7) is 3.24. The van der Waals surface area contributed by atoms with E-state index in [-0.39, 0.29) is 0 Å². The van der Waals surface area contributed by atoms with Gasteiger partial charge in [-0.2, -0.15) is 0 Å². The lowest BCUT2D eigenvalue weighted by atomic mass is 9.83.